The largest absolute Gasteiger partial charge is 0.381 e. The zero-order valence-corrected chi connectivity index (χ0v) is 12.8. The Kier molecular flexibility index (Phi) is 5.96. The van der Waals surface area contributed by atoms with Crippen LogP contribution < -0.4 is 5.32 Å². The Morgan fingerprint density at radius 1 is 1.35 bits per heavy atom. The number of pyridine rings is 1. The van der Waals surface area contributed by atoms with E-state index in [0.29, 0.717) is 6.04 Å². The van der Waals surface area contributed by atoms with E-state index in [4.69, 9.17) is 0 Å². The lowest BCUT2D eigenvalue weighted by molar-refractivity contribution is 0.461. The molecule has 1 rings (SSSR count). The van der Waals surface area contributed by atoms with E-state index >= 15 is 0 Å². The van der Waals surface area contributed by atoms with Crippen LogP contribution in [0.25, 0.3) is 0 Å². The molecule has 0 bridgehead atoms. The van der Waals surface area contributed by atoms with Gasteiger partial charge in [0.15, 0.2) is 0 Å². The number of nitrogens with one attached hydrogen (secondary N) is 1. The number of anilines is 1. The number of rotatable bonds is 6. The molecule has 2 atom stereocenters. The van der Waals surface area contributed by atoms with Gasteiger partial charge in [0.2, 0.25) is 0 Å². The van der Waals surface area contributed by atoms with Crippen LogP contribution in [0.5, 0.6) is 0 Å². The quantitative estimate of drug-likeness (QED) is 0.765. The van der Waals surface area contributed by atoms with Gasteiger partial charge in [-0.3, -0.25) is 0 Å². The molecule has 0 aliphatic rings. The third-order valence-electron chi connectivity index (χ3n) is 3.26. The lowest BCUT2D eigenvalue weighted by Gasteiger charge is -2.21. The summed E-state index contributed by atoms with van der Waals surface area (Å²) in [5, 5.41) is 3.58. The molecule has 96 valence electrons. The first-order valence-electron chi connectivity index (χ1n) is 6.45. The molecule has 1 aromatic heterocycles. The van der Waals surface area contributed by atoms with E-state index in [9.17, 15) is 0 Å². The van der Waals surface area contributed by atoms with E-state index in [0.717, 1.165) is 22.6 Å². The third kappa shape index (κ3) is 4.66. The normalized spacial score (nSPS) is 14.4. The molecule has 0 saturated heterocycles. The average Bonchev–Trinajstić information content (AvgIpc) is 2.32. The molecule has 0 aliphatic carbocycles. The summed E-state index contributed by atoms with van der Waals surface area (Å²) in [5.41, 5.74) is 2.30. The Balaban J connectivity index is 2.63. The van der Waals surface area contributed by atoms with Crippen molar-refractivity contribution in [2.24, 2.45) is 5.92 Å². The van der Waals surface area contributed by atoms with Gasteiger partial charge >= 0.3 is 0 Å². The zero-order chi connectivity index (χ0) is 12.8. The standard InChI is InChI=1S/C14H23BrN2/c1-5-10(3)7-12(6-2)17-13-8-11(4)14(15)16-9-13/h8-10,12,17H,5-7H2,1-4H3. The van der Waals surface area contributed by atoms with Crippen LogP contribution in [0.4, 0.5) is 5.69 Å². The highest BCUT2D eigenvalue weighted by Gasteiger charge is 2.10. The Hall–Kier alpha value is -0.570. The van der Waals surface area contributed by atoms with Crippen LogP contribution >= 0.6 is 15.9 Å². The smallest absolute Gasteiger partial charge is 0.109 e. The summed E-state index contributed by atoms with van der Waals surface area (Å²) in [6, 6.07) is 2.70. The van der Waals surface area contributed by atoms with Crippen LogP contribution in [0.15, 0.2) is 16.9 Å². The second kappa shape index (κ2) is 7.00. The molecule has 3 heteroatoms. The van der Waals surface area contributed by atoms with Crippen molar-refractivity contribution < 1.29 is 0 Å². The Labute approximate surface area is 113 Å². The second-order valence-electron chi connectivity index (χ2n) is 4.83. The van der Waals surface area contributed by atoms with Gasteiger partial charge in [-0.25, -0.2) is 4.98 Å². The monoisotopic (exact) mass is 298 g/mol. The highest BCUT2D eigenvalue weighted by atomic mass is 79.9. The Morgan fingerprint density at radius 3 is 2.59 bits per heavy atom. The zero-order valence-electron chi connectivity index (χ0n) is 11.3. The van der Waals surface area contributed by atoms with Crippen molar-refractivity contribution in [3.05, 3.63) is 22.4 Å². The van der Waals surface area contributed by atoms with E-state index in [1.807, 2.05) is 6.20 Å². The molecule has 0 spiro atoms. The van der Waals surface area contributed by atoms with Crippen LogP contribution in [0.3, 0.4) is 0 Å². The SMILES string of the molecule is CCC(C)CC(CC)Nc1cnc(Br)c(C)c1. The predicted octanol–water partition coefficient (Wildman–Crippen LogP) is 4.78. The van der Waals surface area contributed by atoms with E-state index in [2.05, 4.69) is 60.0 Å². The third-order valence-corrected chi connectivity index (χ3v) is 4.09. The van der Waals surface area contributed by atoms with Crippen LogP contribution in [-0.4, -0.2) is 11.0 Å². The second-order valence-corrected chi connectivity index (χ2v) is 5.58. The molecule has 2 unspecified atom stereocenters. The minimum atomic E-state index is 0.548. The van der Waals surface area contributed by atoms with Crippen molar-refractivity contribution in [3.63, 3.8) is 0 Å². The molecule has 17 heavy (non-hydrogen) atoms. The van der Waals surface area contributed by atoms with Gasteiger partial charge in [0.25, 0.3) is 0 Å². The molecular formula is C14H23BrN2. The van der Waals surface area contributed by atoms with Gasteiger partial charge in [-0.1, -0.05) is 27.2 Å². The molecule has 0 aliphatic heterocycles. The maximum absolute atomic E-state index is 4.32. The van der Waals surface area contributed by atoms with Gasteiger partial charge in [-0.05, 0) is 53.2 Å². The molecule has 1 aromatic rings. The molecule has 0 radical (unpaired) electrons. The van der Waals surface area contributed by atoms with Crippen LogP contribution in [-0.2, 0) is 0 Å². The summed E-state index contributed by atoms with van der Waals surface area (Å²) in [5.74, 6) is 0.775. The highest BCUT2D eigenvalue weighted by Crippen LogP contribution is 2.20. The summed E-state index contributed by atoms with van der Waals surface area (Å²) in [6.45, 7) is 8.87. The Morgan fingerprint density at radius 2 is 2.06 bits per heavy atom. The fraction of sp³-hybridized carbons (Fsp3) is 0.643. The van der Waals surface area contributed by atoms with Crippen molar-refractivity contribution in [1.29, 1.82) is 0 Å². The lowest BCUT2D eigenvalue weighted by atomic mass is 9.97. The van der Waals surface area contributed by atoms with E-state index in [-0.39, 0.29) is 0 Å². The van der Waals surface area contributed by atoms with Gasteiger partial charge in [0, 0.05) is 6.04 Å². The van der Waals surface area contributed by atoms with Gasteiger partial charge in [0.1, 0.15) is 4.60 Å². The minimum absolute atomic E-state index is 0.548. The molecule has 0 saturated carbocycles. The first-order valence-corrected chi connectivity index (χ1v) is 7.24. The fourth-order valence-corrected chi connectivity index (χ4v) is 2.07. The summed E-state index contributed by atoms with van der Waals surface area (Å²) in [6.07, 6.45) is 5.52. The van der Waals surface area contributed by atoms with E-state index in [1.54, 1.807) is 0 Å². The number of aryl methyl sites for hydroxylation is 1. The van der Waals surface area contributed by atoms with Crippen molar-refractivity contribution in [2.45, 2.75) is 53.0 Å². The number of halogens is 1. The first kappa shape index (κ1) is 14.5. The molecule has 0 fully saturated rings. The van der Waals surface area contributed by atoms with Gasteiger partial charge < -0.3 is 5.32 Å². The summed E-state index contributed by atoms with van der Waals surface area (Å²) in [4.78, 5) is 4.32. The maximum Gasteiger partial charge on any atom is 0.109 e. The summed E-state index contributed by atoms with van der Waals surface area (Å²) in [7, 11) is 0. The van der Waals surface area contributed by atoms with E-state index < -0.39 is 0 Å². The highest BCUT2D eigenvalue weighted by molar-refractivity contribution is 9.10. The lowest BCUT2D eigenvalue weighted by Crippen LogP contribution is -2.21. The molecule has 0 amide bonds. The van der Waals surface area contributed by atoms with E-state index in [1.165, 1.54) is 18.4 Å². The predicted molar refractivity (Wildman–Crippen MR) is 78.4 cm³/mol. The number of hydrogen-bond donors (Lipinski definition) is 1. The van der Waals surface area contributed by atoms with Crippen molar-refractivity contribution in [3.8, 4) is 0 Å². The number of aromatic nitrogens is 1. The number of nitrogens with zero attached hydrogens (tertiary/aromatic N) is 1. The van der Waals surface area contributed by atoms with Crippen LogP contribution in [0.1, 0.15) is 45.6 Å². The maximum atomic E-state index is 4.32. The van der Waals surface area contributed by atoms with Crippen LogP contribution in [0.2, 0.25) is 0 Å². The number of hydrogen-bond acceptors (Lipinski definition) is 2. The Bertz CT molecular complexity index is 352. The fourth-order valence-electron chi connectivity index (χ4n) is 1.85. The molecule has 0 aromatic carbocycles. The van der Waals surface area contributed by atoms with Crippen LogP contribution in [0, 0.1) is 12.8 Å². The van der Waals surface area contributed by atoms with Gasteiger partial charge in [-0.15, -0.1) is 0 Å². The summed E-state index contributed by atoms with van der Waals surface area (Å²) >= 11 is 3.43. The summed E-state index contributed by atoms with van der Waals surface area (Å²) < 4.78 is 0.929. The van der Waals surface area contributed by atoms with Crippen molar-refractivity contribution in [1.82, 2.24) is 4.98 Å². The van der Waals surface area contributed by atoms with Gasteiger partial charge in [-0.2, -0.15) is 0 Å². The molecular weight excluding hydrogens is 276 g/mol. The first-order chi connectivity index (χ1) is 8.06. The molecule has 1 N–H and O–H groups in total. The van der Waals surface area contributed by atoms with Gasteiger partial charge in [0.05, 0.1) is 11.9 Å². The van der Waals surface area contributed by atoms with Crippen molar-refractivity contribution >= 4 is 21.6 Å². The molecule has 2 nitrogen and oxygen atoms in total. The minimum Gasteiger partial charge on any atom is -0.381 e. The molecule has 1 heterocycles. The average molecular weight is 299 g/mol. The topological polar surface area (TPSA) is 24.9 Å². The van der Waals surface area contributed by atoms with Crippen molar-refractivity contribution in [2.75, 3.05) is 5.32 Å².